The van der Waals surface area contributed by atoms with Gasteiger partial charge in [-0.15, -0.1) is 11.3 Å². The number of carbonyl (C=O) groups excluding carboxylic acids is 1. The van der Waals surface area contributed by atoms with E-state index in [-0.39, 0.29) is 5.91 Å². The van der Waals surface area contributed by atoms with Gasteiger partial charge in [0.2, 0.25) is 5.91 Å². The molecule has 0 saturated carbocycles. The van der Waals surface area contributed by atoms with Crippen molar-refractivity contribution >= 4 is 28.5 Å². The van der Waals surface area contributed by atoms with E-state index in [1.165, 1.54) is 17.4 Å². The first-order chi connectivity index (χ1) is 14.0. The average Bonchev–Trinajstić information content (AvgIpc) is 3.19. The van der Waals surface area contributed by atoms with Crippen LogP contribution in [0.25, 0.3) is 17.3 Å². The largest absolute Gasteiger partial charge is 0.497 e. The Morgan fingerprint density at radius 3 is 2.55 bits per heavy atom. The van der Waals surface area contributed by atoms with Gasteiger partial charge in [0, 0.05) is 28.6 Å². The zero-order valence-electron chi connectivity index (χ0n) is 16.7. The van der Waals surface area contributed by atoms with E-state index in [0.717, 1.165) is 16.7 Å². The Morgan fingerprint density at radius 2 is 1.83 bits per heavy atom. The van der Waals surface area contributed by atoms with Gasteiger partial charge >= 0.3 is 0 Å². The minimum absolute atomic E-state index is 0.267. The predicted octanol–water partition coefficient (Wildman–Crippen LogP) is 4.80. The summed E-state index contributed by atoms with van der Waals surface area (Å²) < 4.78 is 16.0. The van der Waals surface area contributed by atoms with Crippen molar-refractivity contribution in [1.29, 1.82) is 0 Å². The lowest BCUT2D eigenvalue weighted by Crippen LogP contribution is -2.07. The van der Waals surface area contributed by atoms with Crippen LogP contribution in [-0.2, 0) is 4.79 Å². The molecule has 0 bridgehead atoms. The van der Waals surface area contributed by atoms with Crippen molar-refractivity contribution in [2.24, 2.45) is 0 Å². The summed E-state index contributed by atoms with van der Waals surface area (Å²) >= 11 is 1.35. The number of hydrogen-bond donors (Lipinski definition) is 1. The highest BCUT2D eigenvalue weighted by molar-refractivity contribution is 7.14. The molecule has 1 aromatic heterocycles. The van der Waals surface area contributed by atoms with Crippen LogP contribution in [0, 0.1) is 6.92 Å². The molecule has 0 aliphatic rings. The third kappa shape index (κ3) is 4.94. The van der Waals surface area contributed by atoms with Gasteiger partial charge in [0.25, 0.3) is 0 Å². The van der Waals surface area contributed by atoms with Gasteiger partial charge in [-0.1, -0.05) is 11.6 Å². The molecule has 3 rings (SSSR count). The highest BCUT2D eigenvalue weighted by Gasteiger charge is 2.12. The van der Waals surface area contributed by atoms with E-state index >= 15 is 0 Å². The van der Waals surface area contributed by atoms with Crippen molar-refractivity contribution in [2.45, 2.75) is 6.92 Å². The second kappa shape index (κ2) is 9.25. The monoisotopic (exact) mass is 410 g/mol. The van der Waals surface area contributed by atoms with E-state index in [0.29, 0.717) is 28.1 Å². The number of benzene rings is 2. The highest BCUT2D eigenvalue weighted by atomic mass is 32.1. The van der Waals surface area contributed by atoms with Crippen molar-refractivity contribution in [3.8, 4) is 28.5 Å². The fraction of sp³-hybridized carbons (Fsp3) is 0.182. The molecule has 3 aromatic rings. The van der Waals surface area contributed by atoms with Crippen molar-refractivity contribution in [2.75, 3.05) is 26.6 Å². The van der Waals surface area contributed by atoms with E-state index in [9.17, 15) is 4.79 Å². The molecule has 29 heavy (non-hydrogen) atoms. The highest BCUT2D eigenvalue weighted by Crippen LogP contribution is 2.34. The Labute approximate surface area is 173 Å². The third-order valence-corrected chi connectivity index (χ3v) is 4.98. The SMILES string of the molecule is COc1ccc(-c2csc(NC(=O)/C=C/c3cc(C)ccc3OC)n2)c(OC)c1. The fourth-order valence-corrected chi connectivity index (χ4v) is 3.48. The number of anilines is 1. The van der Waals surface area contributed by atoms with Gasteiger partial charge in [0.15, 0.2) is 5.13 Å². The number of aryl methyl sites for hydroxylation is 1. The van der Waals surface area contributed by atoms with Gasteiger partial charge in [-0.3, -0.25) is 10.1 Å². The summed E-state index contributed by atoms with van der Waals surface area (Å²) in [5.41, 5.74) is 3.47. The molecule has 0 atom stereocenters. The van der Waals surface area contributed by atoms with Crippen LogP contribution in [0.4, 0.5) is 5.13 Å². The summed E-state index contributed by atoms with van der Waals surface area (Å²) in [7, 11) is 4.80. The molecule has 1 amide bonds. The van der Waals surface area contributed by atoms with Gasteiger partial charge in [0.05, 0.1) is 27.0 Å². The van der Waals surface area contributed by atoms with Crippen LogP contribution >= 0.6 is 11.3 Å². The van der Waals surface area contributed by atoms with Crippen LogP contribution in [-0.4, -0.2) is 32.2 Å². The Bertz CT molecular complexity index is 1040. The van der Waals surface area contributed by atoms with E-state index in [1.54, 1.807) is 33.5 Å². The second-order valence-corrected chi connectivity index (χ2v) is 7.03. The van der Waals surface area contributed by atoms with Gasteiger partial charge in [-0.05, 0) is 37.3 Å². The van der Waals surface area contributed by atoms with E-state index in [4.69, 9.17) is 14.2 Å². The molecule has 0 unspecified atom stereocenters. The predicted molar refractivity (Wildman–Crippen MR) is 116 cm³/mol. The minimum Gasteiger partial charge on any atom is -0.497 e. The maximum absolute atomic E-state index is 12.3. The zero-order chi connectivity index (χ0) is 20.8. The summed E-state index contributed by atoms with van der Waals surface area (Å²) in [4.78, 5) is 16.8. The third-order valence-electron chi connectivity index (χ3n) is 4.22. The Kier molecular flexibility index (Phi) is 6.51. The lowest BCUT2D eigenvalue weighted by Gasteiger charge is -2.08. The smallest absolute Gasteiger partial charge is 0.250 e. The maximum atomic E-state index is 12.3. The molecule has 2 aromatic carbocycles. The standard InChI is InChI=1S/C22H22N2O4S/c1-14-5-9-19(27-3)15(11-14)6-10-21(25)24-22-23-18(13-29-22)17-8-7-16(26-2)12-20(17)28-4/h5-13H,1-4H3,(H,23,24,25)/b10-6+. The van der Waals surface area contributed by atoms with E-state index in [1.807, 2.05) is 42.6 Å². The Morgan fingerprint density at radius 1 is 1.03 bits per heavy atom. The molecular weight excluding hydrogens is 388 g/mol. The van der Waals surface area contributed by atoms with Gasteiger partial charge in [-0.25, -0.2) is 4.98 Å². The van der Waals surface area contributed by atoms with Crippen molar-refractivity contribution in [3.05, 3.63) is 59.0 Å². The first-order valence-corrected chi connectivity index (χ1v) is 9.73. The van der Waals surface area contributed by atoms with Gasteiger partial charge in [0.1, 0.15) is 17.2 Å². The van der Waals surface area contributed by atoms with Crippen LogP contribution in [0.1, 0.15) is 11.1 Å². The number of methoxy groups -OCH3 is 3. The number of thiazole rings is 1. The Hall–Kier alpha value is -3.32. The molecule has 0 fully saturated rings. The second-order valence-electron chi connectivity index (χ2n) is 6.17. The van der Waals surface area contributed by atoms with Crippen LogP contribution in [0.3, 0.4) is 0 Å². The molecule has 1 heterocycles. The topological polar surface area (TPSA) is 69.7 Å². The Balaban J connectivity index is 1.74. The van der Waals surface area contributed by atoms with E-state index in [2.05, 4.69) is 10.3 Å². The van der Waals surface area contributed by atoms with Crippen molar-refractivity contribution < 1.29 is 19.0 Å². The summed E-state index contributed by atoms with van der Waals surface area (Å²) in [6, 6.07) is 11.3. The molecule has 0 aliphatic heterocycles. The molecule has 1 N–H and O–H groups in total. The van der Waals surface area contributed by atoms with Crippen LogP contribution in [0.5, 0.6) is 17.2 Å². The minimum atomic E-state index is -0.267. The molecule has 0 spiro atoms. The van der Waals surface area contributed by atoms with Gasteiger partial charge in [-0.2, -0.15) is 0 Å². The molecule has 0 radical (unpaired) electrons. The summed E-state index contributed by atoms with van der Waals surface area (Å²) in [5, 5.41) is 5.16. The molecule has 0 saturated heterocycles. The normalized spacial score (nSPS) is 10.8. The lowest BCUT2D eigenvalue weighted by molar-refractivity contribution is -0.111. The van der Waals surface area contributed by atoms with Crippen molar-refractivity contribution in [1.82, 2.24) is 4.98 Å². The summed E-state index contributed by atoms with van der Waals surface area (Å²) in [6.45, 7) is 1.99. The molecule has 7 heteroatoms. The summed E-state index contributed by atoms with van der Waals surface area (Å²) in [5.74, 6) is 1.80. The number of amides is 1. The zero-order valence-corrected chi connectivity index (χ0v) is 17.5. The number of aromatic nitrogens is 1. The van der Waals surface area contributed by atoms with Crippen LogP contribution in [0.15, 0.2) is 47.9 Å². The van der Waals surface area contributed by atoms with E-state index < -0.39 is 0 Å². The molecule has 6 nitrogen and oxygen atoms in total. The quantitative estimate of drug-likeness (QED) is 0.567. The lowest BCUT2D eigenvalue weighted by atomic mass is 10.1. The first kappa shape index (κ1) is 20.4. The number of rotatable bonds is 7. The van der Waals surface area contributed by atoms with Crippen molar-refractivity contribution in [3.63, 3.8) is 0 Å². The average molecular weight is 410 g/mol. The number of ether oxygens (including phenoxy) is 3. The molecular formula is C22H22N2O4S. The molecule has 0 aliphatic carbocycles. The summed E-state index contributed by atoms with van der Waals surface area (Å²) in [6.07, 6.45) is 3.19. The van der Waals surface area contributed by atoms with Crippen LogP contribution < -0.4 is 19.5 Å². The number of nitrogens with one attached hydrogen (secondary N) is 1. The number of nitrogens with zero attached hydrogens (tertiary/aromatic N) is 1. The molecule has 150 valence electrons. The number of carbonyl (C=O) groups is 1. The van der Waals surface area contributed by atoms with Gasteiger partial charge < -0.3 is 14.2 Å². The maximum Gasteiger partial charge on any atom is 0.250 e. The number of hydrogen-bond acceptors (Lipinski definition) is 6. The van der Waals surface area contributed by atoms with Crippen LogP contribution in [0.2, 0.25) is 0 Å². The fourth-order valence-electron chi connectivity index (χ4n) is 2.76. The first-order valence-electron chi connectivity index (χ1n) is 8.85.